The van der Waals surface area contributed by atoms with E-state index in [4.69, 9.17) is 29.7 Å². The summed E-state index contributed by atoms with van der Waals surface area (Å²) in [6.07, 6.45) is 0. The third kappa shape index (κ3) is 6.61. The highest BCUT2D eigenvalue weighted by atomic mass is 16.5. The zero-order valence-electron chi connectivity index (χ0n) is 32.0. The predicted molar refractivity (Wildman–Crippen MR) is 232 cm³/mol. The summed E-state index contributed by atoms with van der Waals surface area (Å²) in [6.45, 7) is 4.47. The van der Waals surface area contributed by atoms with Gasteiger partial charge in [-0.2, -0.15) is 0 Å². The van der Waals surface area contributed by atoms with Gasteiger partial charge in [-0.05, 0) is 41.5 Å². The number of hydrogen-bond donors (Lipinski definition) is 0. The lowest BCUT2D eigenvalue weighted by Crippen LogP contribution is -2.24. The Balaban J connectivity index is 1.08. The first kappa shape index (κ1) is 34.9. The number of hydrogen-bond acceptors (Lipinski definition) is 6. The molecule has 10 rings (SSSR count). The molecule has 0 radical (unpaired) electrons. The van der Waals surface area contributed by atoms with Crippen molar-refractivity contribution in [1.29, 1.82) is 0 Å². The van der Waals surface area contributed by atoms with E-state index in [9.17, 15) is 0 Å². The first-order chi connectivity index (χ1) is 28.5. The second kappa shape index (κ2) is 14.5. The highest BCUT2D eigenvalue weighted by Gasteiger charge is 2.34. The Bertz CT molecular complexity index is 2950. The molecule has 9 aromatic rings. The van der Waals surface area contributed by atoms with Crippen molar-refractivity contribution in [2.45, 2.75) is 19.3 Å². The molecular formula is C52H37N5O. The minimum Gasteiger partial charge on any atom is -0.457 e. The van der Waals surface area contributed by atoms with Crippen LogP contribution in [0.25, 0.3) is 79.2 Å². The highest BCUT2D eigenvalue weighted by Crippen LogP contribution is 2.48. The van der Waals surface area contributed by atoms with Crippen LogP contribution in [0.5, 0.6) is 11.5 Å². The molecule has 0 saturated heterocycles. The molecule has 0 fully saturated rings. The molecule has 7 aromatic carbocycles. The van der Waals surface area contributed by atoms with Crippen molar-refractivity contribution in [1.82, 2.24) is 24.9 Å². The van der Waals surface area contributed by atoms with Crippen LogP contribution >= 0.6 is 0 Å². The Morgan fingerprint density at radius 2 is 0.759 bits per heavy atom. The Hall–Kier alpha value is -7.57. The van der Waals surface area contributed by atoms with Gasteiger partial charge in [0.25, 0.3) is 0 Å². The van der Waals surface area contributed by atoms with Crippen LogP contribution in [0.2, 0.25) is 0 Å². The van der Waals surface area contributed by atoms with Crippen LogP contribution < -0.4 is 4.74 Å². The van der Waals surface area contributed by atoms with Crippen molar-refractivity contribution in [3.63, 3.8) is 0 Å². The largest absolute Gasteiger partial charge is 0.457 e. The highest BCUT2D eigenvalue weighted by molar-refractivity contribution is 5.77. The van der Waals surface area contributed by atoms with Gasteiger partial charge in [-0.1, -0.05) is 172 Å². The molecule has 0 amide bonds. The molecule has 0 bridgehead atoms. The number of fused-ring (bicyclic) bond motifs is 2. The van der Waals surface area contributed by atoms with Crippen LogP contribution in [0, 0.1) is 0 Å². The molecule has 3 heterocycles. The van der Waals surface area contributed by atoms with Crippen LogP contribution in [0.15, 0.2) is 188 Å². The lowest BCUT2D eigenvalue weighted by Gasteiger charge is -2.34. The summed E-state index contributed by atoms with van der Waals surface area (Å²) in [5, 5.41) is 0. The number of rotatable bonds is 7. The average Bonchev–Trinajstić information content (AvgIpc) is 3.29. The van der Waals surface area contributed by atoms with Gasteiger partial charge in [-0.3, -0.25) is 0 Å². The van der Waals surface area contributed by atoms with Gasteiger partial charge >= 0.3 is 0 Å². The standard InChI is InChI=1S/C52H37N5O/c1-52(2)42-26-12-13-27-46(42)58-47-32-41(28-29-43(47)52)51-56-48(36-20-10-5-11-21-36)55-50(57-51)40-25-15-24-39(31-40)49-53-44(35-18-8-4-9-19-35)33-45(54-49)38-23-14-22-37(30-38)34-16-6-3-7-17-34/h3-33H,1-2H3. The first-order valence-corrected chi connectivity index (χ1v) is 19.4. The Morgan fingerprint density at radius 3 is 1.43 bits per heavy atom. The van der Waals surface area contributed by atoms with Gasteiger partial charge in [-0.15, -0.1) is 0 Å². The molecule has 0 N–H and O–H groups in total. The molecule has 276 valence electrons. The van der Waals surface area contributed by atoms with E-state index < -0.39 is 0 Å². The van der Waals surface area contributed by atoms with Crippen molar-refractivity contribution in [3.05, 3.63) is 199 Å². The summed E-state index contributed by atoms with van der Waals surface area (Å²) in [5.74, 6) is 3.95. The normalized spacial score (nSPS) is 12.6. The van der Waals surface area contributed by atoms with E-state index in [0.29, 0.717) is 23.3 Å². The summed E-state index contributed by atoms with van der Waals surface area (Å²) in [6, 6.07) is 63.9. The minimum absolute atomic E-state index is 0.229. The van der Waals surface area contributed by atoms with E-state index in [2.05, 4.69) is 117 Å². The first-order valence-electron chi connectivity index (χ1n) is 19.4. The molecular weight excluding hydrogens is 711 g/mol. The van der Waals surface area contributed by atoms with Crippen molar-refractivity contribution < 1.29 is 4.74 Å². The second-order valence-corrected chi connectivity index (χ2v) is 15.0. The molecule has 1 aliphatic rings. The van der Waals surface area contributed by atoms with E-state index >= 15 is 0 Å². The fraction of sp³-hybridized carbons (Fsp3) is 0.0577. The maximum Gasteiger partial charge on any atom is 0.164 e. The second-order valence-electron chi connectivity index (χ2n) is 15.0. The van der Waals surface area contributed by atoms with E-state index in [1.807, 2.05) is 84.9 Å². The zero-order chi connectivity index (χ0) is 39.1. The van der Waals surface area contributed by atoms with Crippen LogP contribution in [0.3, 0.4) is 0 Å². The fourth-order valence-corrected chi connectivity index (χ4v) is 7.72. The van der Waals surface area contributed by atoms with E-state index in [1.165, 1.54) is 0 Å². The van der Waals surface area contributed by atoms with Crippen LogP contribution in [-0.4, -0.2) is 24.9 Å². The lowest BCUT2D eigenvalue weighted by atomic mass is 9.75. The Labute approximate surface area is 337 Å². The molecule has 2 aromatic heterocycles. The molecule has 58 heavy (non-hydrogen) atoms. The van der Waals surface area contributed by atoms with E-state index in [0.717, 1.165) is 78.5 Å². The Morgan fingerprint density at radius 1 is 0.310 bits per heavy atom. The molecule has 1 aliphatic heterocycles. The summed E-state index contributed by atoms with van der Waals surface area (Å²) < 4.78 is 6.50. The van der Waals surface area contributed by atoms with E-state index in [-0.39, 0.29) is 5.41 Å². The molecule has 0 aliphatic carbocycles. The fourth-order valence-electron chi connectivity index (χ4n) is 7.72. The van der Waals surface area contributed by atoms with Crippen molar-refractivity contribution in [2.75, 3.05) is 0 Å². The molecule has 6 nitrogen and oxygen atoms in total. The topological polar surface area (TPSA) is 73.7 Å². The van der Waals surface area contributed by atoms with Gasteiger partial charge in [-0.25, -0.2) is 24.9 Å². The monoisotopic (exact) mass is 747 g/mol. The molecule has 0 atom stereocenters. The molecule has 0 spiro atoms. The van der Waals surface area contributed by atoms with Crippen LogP contribution in [0.1, 0.15) is 25.0 Å². The molecule has 0 unspecified atom stereocenters. The average molecular weight is 748 g/mol. The maximum absolute atomic E-state index is 6.50. The molecule has 6 heteroatoms. The Kier molecular flexibility index (Phi) is 8.72. The quantitative estimate of drug-likeness (QED) is 0.162. The number of para-hydroxylation sites is 1. The van der Waals surface area contributed by atoms with Crippen LogP contribution in [-0.2, 0) is 5.41 Å². The number of ether oxygens (including phenoxy) is 1. The summed E-state index contributed by atoms with van der Waals surface area (Å²) >= 11 is 0. The number of benzene rings is 7. The third-order valence-corrected chi connectivity index (χ3v) is 10.8. The van der Waals surface area contributed by atoms with Crippen LogP contribution in [0.4, 0.5) is 0 Å². The van der Waals surface area contributed by atoms with E-state index in [1.54, 1.807) is 0 Å². The van der Waals surface area contributed by atoms with Gasteiger partial charge in [0.1, 0.15) is 11.5 Å². The van der Waals surface area contributed by atoms with Gasteiger partial charge in [0.05, 0.1) is 11.4 Å². The summed E-state index contributed by atoms with van der Waals surface area (Å²) in [4.78, 5) is 25.5. The SMILES string of the molecule is CC1(C)c2ccccc2Oc2cc(-c3nc(-c4ccccc4)nc(-c4cccc(-c5nc(-c6ccccc6)cc(-c6cccc(-c7ccccc7)c6)n5)c4)n3)ccc21. The van der Waals surface area contributed by atoms with Gasteiger partial charge in [0.15, 0.2) is 23.3 Å². The van der Waals surface area contributed by atoms with Crippen molar-refractivity contribution in [2.24, 2.45) is 0 Å². The van der Waals surface area contributed by atoms with Gasteiger partial charge in [0, 0.05) is 49.9 Å². The number of aromatic nitrogens is 5. The van der Waals surface area contributed by atoms with Gasteiger partial charge < -0.3 is 4.74 Å². The zero-order valence-corrected chi connectivity index (χ0v) is 32.0. The predicted octanol–water partition coefficient (Wildman–Crippen LogP) is 12.8. The molecule has 0 saturated carbocycles. The third-order valence-electron chi connectivity index (χ3n) is 10.8. The van der Waals surface area contributed by atoms with Crippen molar-refractivity contribution >= 4 is 0 Å². The number of nitrogens with zero attached hydrogens (tertiary/aromatic N) is 5. The maximum atomic E-state index is 6.50. The lowest BCUT2D eigenvalue weighted by molar-refractivity contribution is 0.418. The summed E-state index contributed by atoms with van der Waals surface area (Å²) in [5.41, 5.74) is 11.4. The smallest absolute Gasteiger partial charge is 0.164 e. The minimum atomic E-state index is -0.229. The van der Waals surface area contributed by atoms with Gasteiger partial charge in [0.2, 0.25) is 0 Å². The summed E-state index contributed by atoms with van der Waals surface area (Å²) in [7, 11) is 0. The van der Waals surface area contributed by atoms with Crippen molar-refractivity contribution in [3.8, 4) is 90.7 Å².